The fourth-order valence-corrected chi connectivity index (χ4v) is 3.96. The average Bonchev–Trinajstić information content (AvgIpc) is 3.27. The SMILES string of the molecule is O=C(O)C1CCC(C(=O)N(Cc2ccco2)Cc2cccs2)CC1. The van der Waals surface area contributed by atoms with Gasteiger partial charge in [0.15, 0.2) is 0 Å². The largest absolute Gasteiger partial charge is 0.481 e. The van der Waals surface area contributed by atoms with Gasteiger partial charge in [-0.05, 0) is 49.3 Å². The molecule has 6 heteroatoms. The van der Waals surface area contributed by atoms with Crippen molar-refractivity contribution in [2.75, 3.05) is 0 Å². The molecular formula is C18H21NO4S. The first-order valence-electron chi connectivity index (χ1n) is 8.20. The number of nitrogens with zero attached hydrogens (tertiary/aromatic N) is 1. The van der Waals surface area contributed by atoms with Crippen molar-refractivity contribution in [2.24, 2.45) is 11.8 Å². The predicted molar refractivity (Wildman–Crippen MR) is 90.4 cm³/mol. The number of rotatable bonds is 6. The zero-order valence-corrected chi connectivity index (χ0v) is 14.2. The van der Waals surface area contributed by atoms with E-state index in [0.29, 0.717) is 38.8 Å². The number of aliphatic carboxylic acids is 1. The third-order valence-electron chi connectivity index (χ3n) is 4.59. The summed E-state index contributed by atoms with van der Waals surface area (Å²) in [6, 6.07) is 7.69. The van der Waals surface area contributed by atoms with Gasteiger partial charge in [-0.1, -0.05) is 6.07 Å². The highest BCUT2D eigenvalue weighted by Crippen LogP contribution is 2.31. The molecule has 0 bridgehead atoms. The van der Waals surface area contributed by atoms with E-state index in [1.807, 2.05) is 34.5 Å². The van der Waals surface area contributed by atoms with Crippen LogP contribution in [0.3, 0.4) is 0 Å². The molecule has 2 heterocycles. The van der Waals surface area contributed by atoms with Crippen LogP contribution < -0.4 is 0 Å². The summed E-state index contributed by atoms with van der Waals surface area (Å²) in [5.74, 6) is -0.268. The van der Waals surface area contributed by atoms with Crippen molar-refractivity contribution in [3.05, 3.63) is 46.5 Å². The van der Waals surface area contributed by atoms with Crippen LogP contribution >= 0.6 is 11.3 Å². The van der Waals surface area contributed by atoms with Crippen molar-refractivity contribution in [2.45, 2.75) is 38.8 Å². The second-order valence-electron chi connectivity index (χ2n) is 6.24. The minimum atomic E-state index is -0.744. The van der Waals surface area contributed by atoms with E-state index in [0.717, 1.165) is 10.6 Å². The summed E-state index contributed by atoms with van der Waals surface area (Å²) < 4.78 is 5.40. The molecule has 1 saturated carbocycles. The summed E-state index contributed by atoms with van der Waals surface area (Å²) in [5, 5.41) is 11.1. The van der Waals surface area contributed by atoms with Crippen LogP contribution in [0.1, 0.15) is 36.3 Å². The molecule has 0 atom stereocenters. The van der Waals surface area contributed by atoms with Gasteiger partial charge >= 0.3 is 5.97 Å². The molecule has 1 aliphatic rings. The third kappa shape index (κ3) is 4.06. The van der Waals surface area contributed by atoms with Crippen LogP contribution in [0.25, 0.3) is 0 Å². The number of carbonyl (C=O) groups excluding carboxylic acids is 1. The van der Waals surface area contributed by atoms with Gasteiger partial charge < -0.3 is 14.4 Å². The second kappa shape index (κ2) is 7.66. The fraction of sp³-hybridized carbons (Fsp3) is 0.444. The molecule has 0 unspecified atom stereocenters. The molecular weight excluding hydrogens is 326 g/mol. The highest BCUT2D eigenvalue weighted by Gasteiger charge is 2.32. The normalized spacial score (nSPS) is 20.7. The predicted octanol–water partition coefficient (Wildman–Crippen LogP) is 3.76. The molecule has 0 radical (unpaired) electrons. The number of amides is 1. The van der Waals surface area contributed by atoms with Crippen molar-refractivity contribution in [3.8, 4) is 0 Å². The van der Waals surface area contributed by atoms with Gasteiger partial charge in [0, 0.05) is 10.8 Å². The number of carboxylic acid groups (broad SMARTS) is 1. The van der Waals surface area contributed by atoms with Gasteiger partial charge in [-0.3, -0.25) is 9.59 Å². The Morgan fingerprint density at radius 2 is 1.88 bits per heavy atom. The Morgan fingerprint density at radius 1 is 1.12 bits per heavy atom. The van der Waals surface area contributed by atoms with Crippen LogP contribution in [-0.4, -0.2) is 21.9 Å². The van der Waals surface area contributed by atoms with Gasteiger partial charge in [-0.25, -0.2) is 0 Å². The molecule has 1 amide bonds. The maximum absolute atomic E-state index is 13.0. The zero-order valence-electron chi connectivity index (χ0n) is 13.4. The first-order valence-corrected chi connectivity index (χ1v) is 9.08. The van der Waals surface area contributed by atoms with Gasteiger partial charge in [0.2, 0.25) is 5.91 Å². The number of carbonyl (C=O) groups is 2. The summed E-state index contributed by atoms with van der Waals surface area (Å²) in [7, 11) is 0. The van der Waals surface area contributed by atoms with E-state index < -0.39 is 5.97 Å². The standard InChI is InChI=1S/C18H21NO4S/c20-17(13-5-7-14(8-6-13)18(21)22)19(11-15-3-1-9-23-15)12-16-4-2-10-24-16/h1-4,9-10,13-14H,5-8,11-12H2,(H,21,22). The minimum Gasteiger partial charge on any atom is -0.481 e. The smallest absolute Gasteiger partial charge is 0.306 e. The molecule has 5 nitrogen and oxygen atoms in total. The molecule has 1 N–H and O–H groups in total. The van der Waals surface area contributed by atoms with Crippen LogP contribution in [0.2, 0.25) is 0 Å². The van der Waals surface area contributed by atoms with Crippen LogP contribution in [0.5, 0.6) is 0 Å². The topological polar surface area (TPSA) is 70.8 Å². The lowest BCUT2D eigenvalue weighted by Gasteiger charge is -2.30. The average molecular weight is 347 g/mol. The van der Waals surface area contributed by atoms with Crippen LogP contribution in [0, 0.1) is 11.8 Å². The summed E-state index contributed by atoms with van der Waals surface area (Å²) in [4.78, 5) is 27.0. The maximum atomic E-state index is 13.0. The molecule has 0 spiro atoms. The second-order valence-corrected chi connectivity index (χ2v) is 7.27. The Bertz CT molecular complexity index is 621. The Labute approximate surface area is 144 Å². The number of hydrogen-bond acceptors (Lipinski definition) is 4. The third-order valence-corrected chi connectivity index (χ3v) is 5.45. The number of hydrogen-bond donors (Lipinski definition) is 1. The molecule has 0 aromatic carbocycles. The van der Waals surface area contributed by atoms with Gasteiger partial charge in [0.1, 0.15) is 5.76 Å². The van der Waals surface area contributed by atoms with Crippen molar-refractivity contribution in [1.82, 2.24) is 4.90 Å². The van der Waals surface area contributed by atoms with E-state index in [1.54, 1.807) is 17.6 Å². The highest BCUT2D eigenvalue weighted by molar-refractivity contribution is 7.09. The number of carboxylic acids is 1. The Kier molecular flexibility index (Phi) is 5.35. The molecule has 1 aliphatic carbocycles. The van der Waals surface area contributed by atoms with Gasteiger partial charge in [-0.2, -0.15) is 0 Å². The minimum absolute atomic E-state index is 0.0875. The van der Waals surface area contributed by atoms with E-state index >= 15 is 0 Å². The molecule has 2 aromatic rings. The van der Waals surface area contributed by atoms with Crippen LogP contribution in [0.4, 0.5) is 0 Å². The van der Waals surface area contributed by atoms with Crippen LogP contribution in [-0.2, 0) is 22.7 Å². The van der Waals surface area contributed by atoms with E-state index in [4.69, 9.17) is 9.52 Å². The molecule has 128 valence electrons. The highest BCUT2D eigenvalue weighted by atomic mass is 32.1. The Morgan fingerprint density at radius 3 is 2.46 bits per heavy atom. The van der Waals surface area contributed by atoms with Crippen molar-refractivity contribution < 1.29 is 19.1 Å². The van der Waals surface area contributed by atoms with Crippen LogP contribution in [0.15, 0.2) is 40.3 Å². The monoisotopic (exact) mass is 347 g/mol. The van der Waals surface area contributed by atoms with Crippen molar-refractivity contribution >= 4 is 23.2 Å². The molecule has 2 aromatic heterocycles. The quantitative estimate of drug-likeness (QED) is 0.864. The Balaban J connectivity index is 1.67. The Hall–Kier alpha value is -2.08. The van der Waals surface area contributed by atoms with E-state index in [9.17, 15) is 9.59 Å². The summed E-state index contributed by atoms with van der Waals surface area (Å²) in [6.45, 7) is 1.01. The van der Waals surface area contributed by atoms with Gasteiger partial charge in [-0.15, -0.1) is 11.3 Å². The summed E-state index contributed by atoms with van der Waals surface area (Å²) in [5.41, 5.74) is 0. The van der Waals surface area contributed by atoms with E-state index in [-0.39, 0.29) is 17.7 Å². The summed E-state index contributed by atoms with van der Waals surface area (Å²) >= 11 is 1.63. The lowest BCUT2D eigenvalue weighted by molar-refractivity contribution is -0.146. The molecule has 1 fully saturated rings. The first kappa shape index (κ1) is 16.8. The van der Waals surface area contributed by atoms with Crippen molar-refractivity contribution in [1.29, 1.82) is 0 Å². The lowest BCUT2D eigenvalue weighted by Crippen LogP contribution is -2.37. The molecule has 3 rings (SSSR count). The summed E-state index contributed by atoms with van der Waals surface area (Å²) in [6.07, 6.45) is 4.07. The van der Waals surface area contributed by atoms with Crippen molar-refractivity contribution in [3.63, 3.8) is 0 Å². The number of furan rings is 1. The molecule has 24 heavy (non-hydrogen) atoms. The molecule has 0 aliphatic heterocycles. The fourth-order valence-electron chi connectivity index (χ4n) is 3.24. The molecule has 0 saturated heterocycles. The number of thiophene rings is 1. The lowest BCUT2D eigenvalue weighted by atomic mass is 9.81. The zero-order chi connectivity index (χ0) is 16.9. The van der Waals surface area contributed by atoms with Gasteiger partial charge in [0.25, 0.3) is 0 Å². The first-order chi connectivity index (χ1) is 11.6. The maximum Gasteiger partial charge on any atom is 0.306 e. The van der Waals surface area contributed by atoms with Gasteiger partial charge in [0.05, 0.1) is 25.3 Å². The van der Waals surface area contributed by atoms with E-state index in [1.165, 1.54) is 0 Å². The van der Waals surface area contributed by atoms with E-state index in [2.05, 4.69) is 0 Å².